The van der Waals surface area contributed by atoms with E-state index in [-0.39, 0.29) is 5.41 Å². The predicted octanol–water partition coefficient (Wildman–Crippen LogP) is 3.57. The van der Waals surface area contributed by atoms with Gasteiger partial charge in [0, 0.05) is 17.5 Å². The second-order valence-corrected chi connectivity index (χ2v) is 6.04. The van der Waals surface area contributed by atoms with Crippen molar-refractivity contribution in [2.24, 2.45) is 5.41 Å². The zero-order chi connectivity index (χ0) is 14.0. The van der Waals surface area contributed by atoms with Crippen molar-refractivity contribution >= 4 is 5.78 Å². The SMILES string of the molecule is CCCC1(C(=O)c2cc(C)c(C)cc2C)CCNC1. The highest BCUT2D eigenvalue weighted by Crippen LogP contribution is 2.36. The van der Waals surface area contributed by atoms with Crippen molar-refractivity contribution < 1.29 is 4.79 Å². The van der Waals surface area contributed by atoms with Gasteiger partial charge >= 0.3 is 0 Å². The zero-order valence-electron chi connectivity index (χ0n) is 12.6. The molecule has 19 heavy (non-hydrogen) atoms. The van der Waals surface area contributed by atoms with Crippen LogP contribution in [0.2, 0.25) is 0 Å². The Morgan fingerprint density at radius 1 is 1.21 bits per heavy atom. The molecule has 1 fully saturated rings. The number of Topliss-reactive ketones (excluding diaryl/α,β-unsaturated/α-hetero) is 1. The Labute approximate surface area is 116 Å². The molecule has 1 aromatic rings. The first-order chi connectivity index (χ1) is 9.00. The minimum absolute atomic E-state index is 0.165. The number of carbonyl (C=O) groups is 1. The molecule has 1 unspecified atom stereocenters. The molecule has 1 N–H and O–H groups in total. The van der Waals surface area contributed by atoms with Crippen molar-refractivity contribution in [2.75, 3.05) is 13.1 Å². The number of ketones is 1. The Balaban J connectivity index is 2.40. The van der Waals surface area contributed by atoms with Gasteiger partial charge in [-0.15, -0.1) is 0 Å². The quantitative estimate of drug-likeness (QED) is 0.837. The van der Waals surface area contributed by atoms with Gasteiger partial charge < -0.3 is 5.32 Å². The van der Waals surface area contributed by atoms with Gasteiger partial charge in [0.15, 0.2) is 5.78 Å². The minimum Gasteiger partial charge on any atom is -0.316 e. The van der Waals surface area contributed by atoms with Crippen LogP contribution in [0.1, 0.15) is 53.2 Å². The molecule has 1 aliphatic heterocycles. The number of hydrogen-bond donors (Lipinski definition) is 1. The third-order valence-electron chi connectivity index (χ3n) is 4.54. The molecule has 0 saturated carbocycles. The summed E-state index contributed by atoms with van der Waals surface area (Å²) in [6.45, 7) is 10.2. The largest absolute Gasteiger partial charge is 0.316 e. The molecule has 1 atom stereocenters. The Kier molecular flexibility index (Phi) is 4.10. The van der Waals surface area contributed by atoms with Gasteiger partial charge in [-0.3, -0.25) is 4.79 Å². The molecule has 0 aromatic heterocycles. The fourth-order valence-corrected chi connectivity index (χ4v) is 3.23. The first kappa shape index (κ1) is 14.3. The van der Waals surface area contributed by atoms with Crippen LogP contribution in [0.3, 0.4) is 0 Å². The van der Waals surface area contributed by atoms with Gasteiger partial charge in [0.2, 0.25) is 0 Å². The molecule has 0 amide bonds. The lowest BCUT2D eigenvalue weighted by atomic mass is 9.75. The van der Waals surface area contributed by atoms with Crippen molar-refractivity contribution in [3.8, 4) is 0 Å². The normalized spacial score (nSPS) is 22.7. The summed E-state index contributed by atoms with van der Waals surface area (Å²) in [5, 5.41) is 3.37. The second kappa shape index (κ2) is 5.46. The fourth-order valence-electron chi connectivity index (χ4n) is 3.23. The van der Waals surface area contributed by atoms with Gasteiger partial charge in [-0.05, 0) is 62.9 Å². The van der Waals surface area contributed by atoms with Crippen LogP contribution in [0, 0.1) is 26.2 Å². The van der Waals surface area contributed by atoms with Crippen LogP contribution < -0.4 is 5.32 Å². The van der Waals surface area contributed by atoms with Crippen LogP contribution in [0.5, 0.6) is 0 Å². The molecule has 1 aliphatic rings. The fraction of sp³-hybridized carbons (Fsp3) is 0.588. The zero-order valence-corrected chi connectivity index (χ0v) is 12.6. The Hall–Kier alpha value is -1.15. The van der Waals surface area contributed by atoms with E-state index in [0.29, 0.717) is 5.78 Å². The Morgan fingerprint density at radius 3 is 2.47 bits per heavy atom. The van der Waals surface area contributed by atoms with E-state index in [1.807, 2.05) is 0 Å². The summed E-state index contributed by atoms with van der Waals surface area (Å²) in [7, 11) is 0. The molecule has 0 bridgehead atoms. The van der Waals surface area contributed by atoms with Crippen molar-refractivity contribution in [3.63, 3.8) is 0 Å². The number of benzene rings is 1. The lowest BCUT2D eigenvalue weighted by molar-refractivity contribution is 0.0801. The summed E-state index contributed by atoms with van der Waals surface area (Å²) in [6, 6.07) is 4.23. The molecule has 2 nitrogen and oxygen atoms in total. The maximum atomic E-state index is 13.0. The third-order valence-corrected chi connectivity index (χ3v) is 4.54. The van der Waals surface area contributed by atoms with Gasteiger partial charge in [0.25, 0.3) is 0 Å². The average Bonchev–Trinajstić information content (AvgIpc) is 2.83. The molecular formula is C17H25NO. The summed E-state index contributed by atoms with van der Waals surface area (Å²) in [4.78, 5) is 13.0. The standard InChI is InChI=1S/C17H25NO/c1-5-6-17(7-8-18-11-17)16(19)15-10-13(3)12(2)9-14(15)4/h9-10,18H,5-8,11H2,1-4H3. The van der Waals surface area contributed by atoms with Crippen LogP contribution in [-0.4, -0.2) is 18.9 Å². The summed E-state index contributed by atoms with van der Waals surface area (Å²) < 4.78 is 0. The monoisotopic (exact) mass is 259 g/mol. The molecule has 2 heteroatoms. The third kappa shape index (κ3) is 2.59. The van der Waals surface area contributed by atoms with E-state index in [4.69, 9.17) is 0 Å². The molecular weight excluding hydrogens is 234 g/mol. The van der Waals surface area contributed by atoms with Crippen molar-refractivity contribution in [1.82, 2.24) is 5.32 Å². The van der Waals surface area contributed by atoms with E-state index in [1.54, 1.807) is 0 Å². The van der Waals surface area contributed by atoms with Gasteiger partial charge in [-0.1, -0.05) is 19.4 Å². The van der Waals surface area contributed by atoms with E-state index in [0.717, 1.165) is 43.5 Å². The molecule has 0 radical (unpaired) electrons. The van der Waals surface area contributed by atoms with Crippen molar-refractivity contribution in [1.29, 1.82) is 0 Å². The number of nitrogens with one attached hydrogen (secondary N) is 1. The van der Waals surface area contributed by atoms with E-state index < -0.39 is 0 Å². The number of carbonyl (C=O) groups excluding carboxylic acids is 1. The average molecular weight is 259 g/mol. The van der Waals surface area contributed by atoms with Gasteiger partial charge in [0.05, 0.1) is 0 Å². The molecule has 104 valence electrons. The Bertz CT molecular complexity index is 484. The first-order valence-corrected chi connectivity index (χ1v) is 7.33. The molecule has 2 rings (SSSR count). The maximum absolute atomic E-state index is 13.0. The van der Waals surface area contributed by atoms with Crippen LogP contribution in [0.15, 0.2) is 12.1 Å². The first-order valence-electron chi connectivity index (χ1n) is 7.33. The topological polar surface area (TPSA) is 29.1 Å². The van der Waals surface area contributed by atoms with E-state index in [2.05, 4.69) is 45.1 Å². The molecule has 1 saturated heterocycles. The lowest BCUT2D eigenvalue weighted by Gasteiger charge is -2.27. The number of hydrogen-bond acceptors (Lipinski definition) is 2. The number of rotatable bonds is 4. The highest BCUT2D eigenvalue weighted by molar-refractivity contribution is 6.02. The van der Waals surface area contributed by atoms with Crippen molar-refractivity contribution in [2.45, 2.75) is 47.0 Å². The van der Waals surface area contributed by atoms with Crippen LogP contribution >= 0.6 is 0 Å². The van der Waals surface area contributed by atoms with Crippen molar-refractivity contribution in [3.05, 3.63) is 34.4 Å². The van der Waals surface area contributed by atoms with Crippen LogP contribution in [0.25, 0.3) is 0 Å². The molecule has 0 aliphatic carbocycles. The summed E-state index contributed by atoms with van der Waals surface area (Å²) >= 11 is 0. The smallest absolute Gasteiger partial charge is 0.170 e. The van der Waals surface area contributed by atoms with Gasteiger partial charge in [-0.2, -0.15) is 0 Å². The van der Waals surface area contributed by atoms with E-state index >= 15 is 0 Å². The highest BCUT2D eigenvalue weighted by Gasteiger charge is 2.40. The molecule has 1 heterocycles. The lowest BCUT2D eigenvalue weighted by Crippen LogP contribution is -2.34. The summed E-state index contributed by atoms with van der Waals surface area (Å²) in [6.07, 6.45) is 3.04. The van der Waals surface area contributed by atoms with E-state index in [1.165, 1.54) is 11.1 Å². The van der Waals surface area contributed by atoms with Crippen LogP contribution in [-0.2, 0) is 0 Å². The number of aryl methyl sites for hydroxylation is 3. The Morgan fingerprint density at radius 2 is 1.89 bits per heavy atom. The van der Waals surface area contributed by atoms with Gasteiger partial charge in [-0.25, -0.2) is 0 Å². The predicted molar refractivity (Wildman–Crippen MR) is 79.8 cm³/mol. The maximum Gasteiger partial charge on any atom is 0.170 e. The molecule has 0 spiro atoms. The second-order valence-electron chi connectivity index (χ2n) is 6.04. The summed E-state index contributed by atoms with van der Waals surface area (Å²) in [5.74, 6) is 0.347. The van der Waals surface area contributed by atoms with E-state index in [9.17, 15) is 4.79 Å². The highest BCUT2D eigenvalue weighted by atomic mass is 16.1. The summed E-state index contributed by atoms with van der Waals surface area (Å²) in [5.41, 5.74) is 4.37. The minimum atomic E-state index is -0.165. The van der Waals surface area contributed by atoms with Gasteiger partial charge in [0.1, 0.15) is 0 Å². The molecule has 1 aromatic carbocycles. The van der Waals surface area contributed by atoms with Crippen LogP contribution in [0.4, 0.5) is 0 Å².